The van der Waals surface area contributed by atoms with Gasteiger partial charge in [-0.05, 0) is 19.3 Å². The molecule has 92 valence electrons. The van der Waals surface area contributed by atoms with E-state index in [1.165, 1.54) is 0 Å². The predicted octanol–water partition coefficient (Wildman–Crippen LogP) is 2.00. The van der Waals surface area contributed by atoms with Crippen molar-refractivity contribution in [3.8, 4) is 0 Å². The van der Waals surface area contributed by atoms with E-state index in [0.29, 0.717) is 17.6 Å². The molecule has 0 saturated heterocycles. The van der Waals surface area contributed by atoms with E-state index in [-0.39, 0.29) is 6.10 Å². The number of ether oxygens (including phenoxy) is 1. The van der Waals surface area contributed by atoms with Gasteiger partial charge in [-0.15, -0.1) is 0 Å². The Morgan fingerprint density at radius 2 is 2.12 bits per heavy atom. The smallest absolute Gasteiger partial charge is 0.246 e. The summed E-state index contributed by atoms with van der Waals surface area (Å²) < 4.78 is 10.5. The molecule has 2 atom stereocenters. The van der Waals surface area contributed by atoms with Crippen molar-refractivity contribution < 1.29 is 9.26 Å². The fourth-order valence-corrected chi connectivity index (χ4v) is 1.41. The number of nitrogens with two attached hydrogens (primary N) is 1. The first-order chi connectivity index (χ1) is 7.42. The summed E-state index contributed by atoms with van der Waals surface area (Å²) >= 11 is 0. The molecule has 1 rings (SSSR count). The predicted molar refractivity (Wildman–Crippen MR) is 60.7 cm³/mol. The van der Waals surface area contributed by atoms with Gasteiger partial charge in [0.25, 0.3) is 0 Å². The van der Waals surface area contributed by atoms with Crippen molar-refractivity contribution in [1.82, 2.24) is 10.1 Å². The first-order valence-corrected chi connectivity index (χ1v) is 5.58. The van der Waals surface area contributed by atoms with E-state index in [1.807, 2.05) is 27.7 Å². The third kappa shape index (κ3) is 2.59. The van der Waals surface area contributed by atoms with Crippen LogP contribution in [0.3, 0.4) is 0 Å². The minimum Gasteiger partial charge on any atom is -0.373 e. The molecule has 0 saturated carbocycles. The van der Waals surface area contributed by atoms with Crippen LogP contribution in [0.1, 0.15) is 51.9 Å². The Morgan fingerprint density at radius 1 is 1.50 bits per heavy atom. The number of methoxy groups -OCH3 is 1. The Hall–Kier alpha value is -0.940. The molecule has 1 heterocycles. The van der Waals surface area contributed by atoms with Crippen LogP contribution in [-0.2, 0) is 10.3 Å². The average molecular weight is 227 g/mol. The highest BCUT2D eigenvalue weighted by Crippen LogP contribution is 2.25. The summed E-state index contributed by atoms with van der Waals surface area (Å²) in [6.45, 7) is 7.96. The summed E-state index contributed by atoms with van der Waals surface area (Å²) in [5.41, 5.74) is 5.46. The lowest BCUT2D eigenvalue weighted by Gasteiger charge is -2.17. The van der Waals surface area contributed by atoms with Gasteiger partial charge in [-0.25, -0.2) is 0 Å². The standard InChI is InChI=1S/C11H21N3O2/c1-6-11(4,12)10-13-9(14-16-10)8(15-5)7(2)3/h7-8H,6,12H2,1-5H3. The van der Waals surface area contributed by atoms with Gasteiger partial charge in [-0.3, -0.25) is 0 Å². The zero-order chi connectivity index (χ0) is 12.3. The van der Waals surface area contributed by atoms with Gasteiger partial charge in [0, 0.05) is 7.11 Å². The Balaban J connectivity index is 2.94. The highest BCUT2D eigenvalue weighted by molar-refractivity contribution is 5.01. The fraction of sp³-hybridized carbons (Fsp3) is 0.818. The summed E-state index contributed by atoms with van der Waals surface area (Å²) in [6, 6.07) is 0. The molecule has 2 unspecified atom stereocenters. The molecule has 0 spiro atoms. The number of hydrogen-bond donors (Lipinski definition) is 1. The molecule has 0 bridgehead atoms. The first-order valence-electron chi connectivity index (χ1n) is 5.58. The normalized spacial score (nSPS) is 17.4. The molecule has 0 aromatic carbocycles. The van der Waals surface area contributed by atoms with Crippen LogP contribution in [-0.4, -0.2) is 17.3 Å². The van der Waals surface area contributed by atoms with Crippen LogP contribution in [0.15, 0.2) is 4.52 Å². The van der Waals surface area contributed by atoms with E-state index in [1.54, 1.807) is 7.11 Å². The third-order valence-corrected chi connectivity index (χ3v) is 2.78. The summed E-state index contributed by atoms with van der Waals surface area (Å²) in [4.78, 5) is 4.32. The van der Waals surface area contributed by atoms with Gasteiger partial charge in [0.15, 0.2) is 0 Å². The molecule has 1 aromatic rings. The molecule has 1 aromatic heterocycles. The van der Waals surface area contributed by atoms with E-state index in [2.05, 4.69) is 10.1 Å². The molecule has 0 fully saturated rings. The maximum atomic E-state index is 6.03. The van der Waals surface area contributed by atoms with Crippen LogP contribution < -0.4 is 5.73 Å². The lowest BCUT2D eigenvalue weighted by Crippen LogP contribution is -2.32. The summed E-state index contributed by atoms with van der Waals surface area (Å²) in [6.07, 6.45) is 0.596. The van der Waals surface area contributed by atoms with Crippen LogP contribution in [0.25, 0.3) is 0 Å². The zero-order valence-electron chi connectivity index (χ0n) is 10.7. The zero-order valence-corrected chi connectivity index (χ0v) is 10.7. The van der Waals surface area contributed by atoms with E-state index in [0.717, 1.165) is 6.42 Å². The van der Waals surface area contributed by atoms with Gasteiger partial charge in [0.05, 0.1) is 5.54 Å². The monoisotopic (exact) mass is 227 g/mol. The molecular formula is C11H21N3O2. The minimum atomic E-state index is -0.569. The van der Waals surface area contributed by atoms with Crippen molar-refractivity contribution in [3.63, 3.8) is 0 Å². The van der Waals surface area contributed by atoms with Crippen LogP contribution in [0.4, 0.5) is 0 Å². The van der Waals surface area contributed by atoms with Crippen LogP contribution >= 0.6 is 0 Å². The van der Waals surface area contributed by atoms with E-state index in [9.17, 15) is 0 Å². The average Bonchev–Trinajstić information content (AvgIpc) is 2.68. The molecular weight excluding hydrogens is 206 g/mol. The second-order valence-electron chi connectivity index (χ2n) is 4.63. The fourth-order valence-electron chi connectivity index (χ4n) is 1.41. The van der Waals surface area contributed by atoms with Crippen LogP contribution in [0, 0.1) is 5.92 Å². The van der Waals surface area contributed by atoms with Gasteiger partial charge in [-0.2, -0.15) is 4.98 Å². The second-order valence-corrected chi connectivity index (χ2v) is 4.63. The molecule has 2 N–H and O–H groups in total. The molecule has 16 heavy (non-hydrogen) atoms. The lowest BCUT2D eigenvalue weighted by molar-refractivity contribution is 0.0555. The van der Waals surface area contributed by atoms with Crippen molar-refractivity contribution in [2.24, 2.45) is 11.7 Å². The van der Waals surface area contributed by atoms with E-state index in [4.69, 9.17) is 15.0 Å². The molecule has 0 aliphatic rings. The quantitative estimate of drug-likeness (QED) is 0.832. The molecule has 5 nitrogen and oxygen atoms in total. The second kappa shape index (κ2) is 4.93. The SMILES string of the molecule is CCC(C)(N)c1nc(C(OC)C(C)C)no1. The summed E-state index contributed by atoms with van der Waals surface area (Å²) in [5, 5.41) is 3.93. The van der Waals surface area contributed by atoms with Crippen molar-refractivity contribution in [2.45, 2.75) is 45.8 Å². The summed E-state index contributed by atoms with van der Waals surface area (Å²) in [5.74, 6) is 1.33. The Morgan fingerprint density at radius 3 is 2.56 bits per heavy atom. The maximum Gasteiger partial charge on any atom is 0.246 e. The van der Waals surface area contributed by atoms with Crippen molar-refractivity contribution >= 4 is 0 Å². The highest BCUT2D eigenvalue weighted by Gasteiger charge is 2.29. The Bertz CT molecular complexity index is 334. The minimum absolute atomic E-state index is 0.148. The summed E-state index contributed by atoms with van der Waals surface area (Å²) in [7, 11) is 1.64. The number of hydrogen-bond acceptors (Lipinski definition) is 5. The maximum absolute atomic E-state index is 6.03. The van der Waals surface area contributed by atoms with Gasteiger partial charge in [0.2, 0.25) is 11.7 Å². The molecule has 0 aliphatic carbocycles. The van der Waals surface area contributed by atoms with Gasteiger partial charge in [0.1, 0.15) is 6.10 Å². The molecule has 0 radical (unpaired) electrons. The number of nitrogens with zero attached hydrogens (tertiary/aromatic N) is 2. The topological polar surface area (TPSA) is 74.2 Å². The van der Waals surface area contributed by atoms with E-state index >= 15 is 0 Å². The van der Waals surface area contributed by atoms with E-state index < -0.39 is 5.54 Å². The van der Waals surface area contributed by atoms with Crippen LogP contribution in [0.2, 0.25) is 0 Å². The van der Waals surface area contributed by atoms with Gasteiger partial charge < -0.3 is 15.0 Å². The Kier molecular flexibility index (Phi) is 4.04. The first kappa shape index (κ1) is 13.1. The number of rotatable bonds is 5. The number of aromatic nitrogens is 2. The van der Waals surface area contributed by atoms with Gasteiger partial charge >= 0.3 is 0 Å². The largest absolute Gasteiger partial charge is 0.373 e. The lowest BCUT2D eigenvalue weighted by atomic mass is 10.0. The highest BCUT2D eigenvalue weighted by atomic mass is 16.5. The van der Waals surface area contributed by atoms with Crippen molar-refractivity contribution in [2.75, 3.05) is 7.11 Å². The van der Waals surface area contributed by atoms with Crippen molar-refractivity contribution in [1.29, 1.82) is 0 Å². The van der Waals surface area contributed by atoms with Gasteiger partial charge in [-0.1, -0.05) is 25.9 Å². The Labute approximate surface area is 96.4 Å². The van der Waals surface area contributed by atoms with Crippen LogP contribution in [0.5, 0.6) is 0 Å². The molecule has 5 heteroatoms. The van der Waals surface area contributed by atoms with Crippen molar-refractivity contribution in [3.05, 3.63) is 11.7 Å². The third-order valence-electron chi connectivity index (χ3n) is 2.78. The molecule has 0 amide bonds. The molecule has 0 aliphatic heterocycles.